The summed E-state index contributed by atoms with van der Waals surface area (Å²) in [5.41, 5.74) is 0.981. The SMILES string of the molecule is OCC(COc1cccc(Br)c1)c1cccnc1. The molecule has 94 valence electrons. The Morgan fingerprint density at radius 1 is 1.28 bits per heavy atom. The molecule has 0 aliphatic heterocycles. The molecule has 2 rings (SSSR count). The van der Waals surface area contributed by atoms with Gasteiger partial charge in [0.05, 0.1) is 13.2 Å². The first-order valence-electron chi connectivity index (χ1n) is 5.68. The number of rotatable bonds is 5. The number of aliphatic hydroxyl groups is 1. The molecular weight excluding hydrogens is 294 g/mol. The lowest BCUT2D eigenvalue weighted by atomic mass is 10.0. The second-order valence-corrected chi connectivity index (χ2v) is 4.85. The van der Waals surface area contributed by atoms with Crippen LogP contribution < -0.4 is 4.74 Å². The molecule has 0 aliphatic carbocycles. The van der Waals surface area contributed by atoms with Crippen LogP contribution >= 0.6 is 15.9 Å². The summed E-state index contributed by atoms with van der Waals surface area (Å²) < 4.78 is 6.65. The van der Waals surface area contributed by atoms with Crippen LogP contribution in [-0.4, -0.2) is 23.3 Å². The van der Waals surface area contributed by atoms with Crippen molar-refractivity contribution in [3.8, 4) is 5.75 Å². The molecule has 0 amide bonds. The highest BCUT2D eigenvalue weighted by molar-refractivity contribution is 9.10. The van der Waals surface area contributed by atoms with E-state index in [0.717, 1.165) is 15.8 Å². The summed E-state index contributed by atoms with van der Waals surface area (Å²) in [6, 6.07) is 11.4. The van der Waals surface area contributed by atoms with Crippen LogP contribution in [0.25, 0.3) is 0 Å². The zero-order chi connectivity index (χ0) is 12.8. The van der Waals surface area contributed by atoms with Gasteiger partial charge < -0.3 is 9.84 Å². The molecule has 1 heterocycles. The molecule has 0 bridgehead atoms. The lowest BCUT2D eigenvalue weighted by Crippen LogP contribution is -2.14. The van der Waals surface area contributed by atoms with E-state index in [1.54, 1.807) is 12.4 Å². The second-order valence-electron chi connectivity index (χ2n) is 3.93. The molecule has 2 aromatic rings. The van der Waals surface area contributed by atoms with Crippen LogP contribution in [0.3, 0.4) is 0 Å². The van der Waals surface area contributed by atoms with E-state index in [2.05, 4.69) is 20.9 Å². The normalized spacial score (nSPS) is 12.1. The topological polar surface area (TPSA) is 42.4 Å². The van der Waals surface area contributed by atoms with E-state index in [1.165, 1.54) is 0 Å². The second kappa shape index (κ2) is 6.52. The van der Waals surface area contributed by atoms with Gasteiger partial charge in [0.25, 0.3) is 0 Å². The fourth-order valence-corrected chi connectivity index (χ4v) is 2.00. The van der Waals surface area contributed by atoms with E-state index in [0.29, 0.717) is 6.61 Å². The van der Waals surface area contributed by atoms with Crippen molar-refractivity contribution < 1.29 is 9.84 Å². The van der Waals surface area contributed by atoms with Gasteiger partial charge in [-0.05, 0) is 29.8 Å². The highest BCUT2D eigenvalue weighted by Crippen LogP contribution is 2.20. The van der Waals surface area contributed by atoms with Crippen LogP contribution in [0.2, 0.25) is 0 Å². The van der Waals surface area contributed by atoms with Gasteiger partial charge in [-0.1, -0.05) is 28.1 Å². The van der Waals surface area contributed by atoms with Crippen molar-refractivity contribution in [2.45, 2.75) is 5.92 Å². The molecule has 0 aliphatic rings. The summed E-state index contributed by atoms with van der Waals surface area (Å²) in [4.78, 5) is 4.05. The van der Waals surface area contributed by atoms with Crippen LogP contribution in [0, 0.1) is 0 Å². The molecule has 0 spiro atoms. The largest absolute Gasteiger partial charge is 0.493 e. The number of benzene rings is 1. The average molecular weight is 308 g/mol. The first kappa shape index (κ1) is 13.1. The number of nitrogens with zero attached hydrogens (tertiary/aromatic N) is 1. The number of pyridine rings is 1. The monoisotopic (exact) mass is 307 g/mol. The lowest BCUT2D eigenvalue weighted by molar-refractivity contribution is 0.205. The van der Waals surface area contributed by atoms with Crippen molar-refractivity contribution in [3.05, 3.63) is 58.8 Å². The number of aliphatic hydroxyl groups excluding tert-OH is 1. The molecule has 0 saturated carbocycles. The Kier molecular flexibility index (Phi) is 4.73. The van der Waals surface area contributed by atoms with Gasteiger partial charge in [0.2, 0.25) is 0 Å². The van der Waals surface area contributed by atoms with Gasteiger partial charge in [-0.15, -0.1) is 0 Å². The predicted molar refractivity (Wildman–Crippen MR) is 73.7 cm³/mol. The van der Waals surface area contributed by atoms with E-state index in [1.807, 2.05) is 36.4 Å². The fraction of sp³-hybridized carbons (Fsp3) is 0.214. The van der Waals surface area contributed by atoms with E-state index < -0.39 is 0 Å². The summed E-state index contributed by atoms with van der Waals surface area (Å²) in [6.45, 7) is 0.471. The summed E-state index contributed by atoms with van der Waals surface area (Å²) in [5.74, 6) is 0.726. The number of aromatic nitrogens is 1. The minimum atomic E-state index is -0.0577. The Hall–Kier alpha value is -1.39. The first-order valence-corrected chi connectivity index (χ1v) is 6.48. The lowest BCUT2D eigenvalue weighted by Gasteiger charge is -2.15. The Morgan fingerprint density at radius 3 is 2.83 bits per heavy atom. The number of ether oxygens (including phenoxy) is 1. The molecule has 0 saturated heterocycles. The standard InChI is InChI=1S/C14H14BrNO2/c15-13-4-1-5-14(7-13)18-10-12(9-17)11-3-2-6-16-8-11/h1-8,12,17H,9-10H2. The minimum Gasteiger partial charge on any atom is -0.493 e. The molecule has 3 nitrogen and oxygen atoms in total. The molecule has 1 aromatic heterocycles. The Balaban J connectivity index is 2.00. The van der Waals surface area contributed by atoms with Crippen molar-refractivity contribution in [1.82, 2.24) is 4.98 Å². The Morgan fingerprint density at radius 2 is 2.17 bits per heavy atom. The van der Waals surface area contributed by atoms with E-state index >= 15 is 0 Å². The third kappa shape index (κ3) is 3.55. The molecule has 1 aromatic carbocycles. The van der Waals surface area contributed by atoms with Crippen molar-refractivity contribution in [2.24, 2.45) is 0 Å². The van der Waals surface area contributed by atoms with Gasteiger partial charge in [0.1, 0.15) is 5.75 Å². The van der Waals surface area contributed by atoms with Gasteiger partial charge in [-0.25, -0.2) is 0 Å². The summed E-state index contributed by atoms with van der Waals surface area (Å²) in [6.07, 6.45) is 3.47. The van der Waals surface area contributed by atoms with Gasteiger partial charge in [0, 0.05) is 22.8 Å². The van der Waals surface area contributed by atoms with Crippen LogP contribution in [0.1, 0.15) is 11.5 Å². The van der Waals surface area contributed by atoms with Crippen LogP contribution in [-0.2, 0) is 0 Å². The maximum atomic E-state index is 9.40. The van der Waals surface area contributed by atoms with Crippen LogP contribution in [0.15, 0.2) is 53.3 Å². The molecule has 1 unspecified atom stereocenters. The molecule has 1 N–H and O–H groups in total. The number of hydrogen-bond acceptors (Lipinski definition) is 3. The van der Waals surface area contributed by atoms with E-state index in [4.69, 9.17) is 4.74 Å². The molecule has 4 heteroatoms. The van der Waals surface area contributed by atoms with Crippen molar-refractivity contribution >= 4 is 15.9 Å². The van der Waals surface area contributed by atoms with Crippen molar-refractivity contribution in [1.29, 1.82) is 0 Å². The maximum absolute atomic E-state index is 9.40. The first-order chi connectivity index (χ1) is 8.79. The summed E-state index contributed by atoms with van der Waals surface area (Å²) >= 11 is 3.39. The Labute approximate surface area is 115 Å². The number of hydrogen-bond donors (Lipinski definition) is 1. The van der Waals surface area contributed by atoms with Gasteiger partial charge in [-0.2, -0.15) is 0 Å². The molecular formula is C14H14BrNO2. The minimum absolute atomic E-state index is 0.0414. The fourth-order valence-electron chi connectivity index (χ4n) is 1.63. The highest BCUT2D eigenvalue weighted by Gasteiger charge is 2.11. The number of halogens is 1. The third-order valence-electron chi connectivity index (χ3n) is 2.62. The Bertz CT molecular complexity index is 490. The third-order valence-corrected chi connectivity index (χ3v) is 3.12. The van der Waals surface area contributed by atoms with Crippen LogP contribution in [0.5, 0.6) is 5.75 Å². The van der Waals surface area contributed by atoms with Gasteiger partial charge in [-0.3, -0.25) is 4.98 Å². The average Bonchev–Trinajstić information content (AvgIpc) is 2.41. The maximum Gasteiger partial charge on any atom is 0.120 e. The summed E-state index contributed by atoms with van der Waals surface area (Å²) in [7, 11) is 0. The zero-order valence-corrected chi connectivity index (χ0v) is 11.4. The van der Waals surface area contributed by atoms with Crippen molar-refractivity contribution in [3.63, 3.8) is 0 Å². The van der Waals surface area contributed by atoms with Crippen LogP contribution in [0.4, 0.5) is 0 Å². The van der Waals surface area contributed by atoms with E-state index in [9.17, 15) is 5.11 Å². The van der Waals surface area contributed by atoms with E-state index in [-0.39, 0.29) is 12.5 Å². The molecule has 0 radical (unpaired) electrons. The smallest absolute Gasteiger partial charge is 0.120 e. The highest BCUT2D eigenvalue weighted by atomic mass is 79.9. The van der Waals surface area contributed by atoms with Crippen molar-refractivity contribution in [2.75, 3.05) is 13.2 Å². The summed E-state index contributed by atoms with van der Waals surface area (Å²) in [5, 5.41) is 9.40. The molecule has 0 fully saturated rings. The zero-order valence-electron chi connectivity index (χ0n) is 9.79. The van der Waals surface area contributed by atoms with Gasteiger partial charge >= 0.3 is 0 Å². The quantitative estimate of drug-likeness (QED) is 0.923. The predicted octanol–water partition coefficient (Wildman–Crippen LogP) is 3.00. The van der Waals surface area contributed by atoms with Gasteiger partial charge in [0.15, 0.2) is 0 Å². The molecule has 18 heavy (non-hydrogen) atoms. The molecule has 1 atom stereocenters.